The third-order valence-corrected chi connectivity index (χ3v) is 3.91. The fourth-order valence-electron chi connectivity index (χ4n) is 2.59. The molecule has 0 saturated heterocycles. The summed E-state index contributed by atoms with van der Waals surface area (Å²) in [5.41, 5.74) is 3.32. The van der Waals surface area contributed by atoms with Crippen molar-refractivity contribution < 1.29 is 4.79 Å². The van der Waals surface area contributed by atoms with E-state index in [4.69, 9.17) is 0 Å². The molecule has 3 heteroatoms. The van der Waals surface area contributed by atoms with Gasteiger partial charge in [-0.25, -0.2) is 0 Å². The third-order valence-electron chi connectivity index (χ3n) is 3.91. The van der Waals surface area contributed by atoms with Crippen molar-refractivity contribution in [3.8, 4) is 0 Å². The molecule has 1 fully saturated rings. The lowest BCUT2D eigenvalue weighted by Gasteiger charge is -2.21. The van der Waals surface area contributed by atoms with Crippen LogP contribution < -0.4 is 5.32 Å². The molecule has 96 valence electrons. The normalized spacial score (nSPS) is 17.2. The highest BCUT2D eigenvalue weighted by Gasteiger charge is 2.26. The molecule has 3 nitrogen and oxygen atoms in total. The molecule has 1 amide bonds. The van der Waals surface area contributed by atoms with Crippen molar-refractivity contribution in [3.63, 3.8) is 0 Å². The first-order valence-corrected chi connectivity index (χ1v) is 6.94. The van der Waals surface area contributed by atoms with Crippen LogP contribution in [0.15, 0.2) is 18.2 Å². The molecule has 1 saturated carbocycles. The minimum atomic E-state index is 0.194. The molecule has 0 bridgehead atoms. The van der Waals surface area contributed by atoms with E-state index in [2.05, 4.69) is 18.3 Å². The fourth-order valence-corrected chi connectivity index (χ4v) is 2.59. The molecule has 1 aliphatic heterocycles. The number of amides is 1. The Labute approximate surface area is 108 Å². The highest BCUT2D eigenvalue weighted by atomic mass is 16.2. The van der Waals surface area contributed by atoms with Gasteiger partial charge in [0.2, 0.25) is 0 Å². The molecule has 0 atom stereocenters. The number of anilines is 1. The van der Waals surface area contributed by atoms with Gasteiger partial charge >= 0.3 is 0 Å². The monoisotopic (exact) mass is 244 g/mol. The summed E-state index contributed by atoms with van der Waals surface area (Å²) in [6.07, 6.45) is 3.61. The van der Waals surface area contributed by atoms with Crippen LogP contribution in [0.25, 0.3) is 0 Å². The van der Waals surface area contributed by atoms with Gasteiger partial charge in [-0.1, -0.05) is 0 Å². The van der Waals surface area contributed by atoms with Gasteiger partial charge in [-0.2, -0.15) is 0 Å². The molecule has 1 N–H and O–H groups in total. The predicted molar refractivity (Wildman–Crippen MR) is 72.9 cm³/mol. The first-order valence-electron chi connectivity index (χ1n) is 6.94. The van der Waals surface area contributed by atoms with E-state index in [-0.39, 0.29) is 5.91 Å². The van der Waals surface area contributed by atoms with Crippen molar-refractivity contribution in [3.05, 3.63) is 29.3 Å². The Kier molecular flexibility index (Phi) is 2.98. The van der Waals surface area contributed by atoms with Crippen LogP contribution in [0, 0.1) is 5.92 Å². The number of fused-ring (bicyclic) bond motifs is 1. The average Bonchev–Trinajstić information content (AvgIpc) is 3.09. The molecule has 3 rings (SSSR count). The van der Waals surface area contributed by atoms with Gasteiger partial charge in [-0.05, 0) is 55.9 Å². The van der Waals surface area contributed by atoms with Gasteiger partial charge in [0.1, 0.15) is 0 Å². The number of carbonyl (C=O) groups excluding carboxylic acids is 1. The van der Waals surface area contributed by atoms with Gasteiger partial charge in [0.05, 0.1) is 0 Å². The summed E-state index contributed by atoms with van der Waals surface area (Å²) in [6.45, 7) is 4.80. The summed E-state index contributed by atoms with van der Waals surface area (Å²) in [5.74, 6) is 0.948. The quantitative estimate of drug-likeness (QED) is 0.882. The molecule has 0 radical (unpaired) electrons. The standard InChI is InChI=1S/C15H20N2O/c1-2-17(10-11-3-4-11)15(18)13-5-6-14-12(9-13)7-8-16-14/h5-6,9,11,16H,2-4,7-8,10H2,1H3. The highest BCUT2D eigenvalue weighted by molar-refractivity contribution is 5.95. The zero-order valence-electron chi connectivity index (χ0n) is 10.9. The van der Waals surface area contributed by atoms with E-state index in [9.17, 15) is 4.79 Å². The van der Waals surface area contributed by atoms with E-state index < -0.39 is 0 Å². The molecule has 1 aromatic rings. The molecule has 0 aromatic heterocycles. The Morgan fingerprint density at radius 3 is 3.00 bits per heavy atom. The zero-order chi connectivity index (χ0) is 12.5. The second-order valence-corrected chi connectivity index (χ2v) is 5.34. The van der Waals surface area contributed by atoms with Crippen LogP contribution in [-0.2, 0) is 6.42 Å². The number of carbonyl (C=O) groups is 1. The molecule has 1 heterocycles. The van der Waals surface area contributed by atoms with Crippen LogP contribution in [0.3, 0.4) is 0 Å². The summed E-state index contributed by atoms with van der Waals surface area (Å²) >= 11 is 0. The first kappa shape index (κ1) is 11.6. The molecule has 0 unspecified atom stereocenters. The zero-order valence-corrected chi connectivity index (χ0v) is 10.9. The maximum absolute atomic E-state index is 12.4. The van der Waals surface area contributed by atoms with Gasteiger partial charge < -0.3 is 10.2 Å². The van der Waals surface area contributed by atoms with E-state index in [0.717, 1.165) is 37.5 Å². The smallest absolute Gasteiger partial charge is 0.253 e. The van der Waals surface area contributed by atoms with Gasteiger partial charge in [0, 0.05) is 30.9 Å². The van der Waals surface area contributed by atoms with Crippen molar-refractivity contribution in [1.82, 2.24) is 4.90 Å². The van der Waals surface area contributed by atoms with Crippen LogP contribution >= 0.6 is 0 Å². The van der Waals surface area contributed by atoms with E-state index >= 15 is 0 Å². The van der Waals surface area contributed by atoms with Crippen LogP contribution in [0.5, 0.6) is 0 Å². The minimum Gasteiger partial charge on any atom is -0.384 e. The summed E-state index contributed by atoms with van der Waals surface area (Å²) in [4.78, 5) is 14.4. The molecule has 1 aliphatic carbocycles. The number of hydrogen-bond donors (Lipinski definition) is 1. The second kappa shape index (κ2) is 4.63. The minimum absolute atomic E-state index is 0.194. The predicted octanol–water partition coefficient (Wildman–Crippen LogP) is 2.53. The summed E-state index contributed by atoms with van der Waals surface area (Å²) < 4.78 is 0. The molecule has 2 aliphatic rings. The lowest BCUT2D eigenvalue weighted by Crippen LogP contribution is -2.32. The fraction of sp³-hybridized carbons (Fsp3) is 0.533. The van der Waals surface area contributed by atoms with E-state index in [1.165, 1.54) is 24.1 Å². The van der Waals surface area contributed by atoms with E-state index in [1.54, 1.807) is 0 Å². The number of nitrogens with zero attached hydrogens (tertiary/aromatic N) is 1. The van der Waals surface area contributed by atoms with Crippen molar-refractivity contribution in [2.75, 3.05) is 25.0 Å². The lowest BCUT2D eigenvalue weighted by atomic mass is 10.1. The Balaban J connectivity index is 1.77. The maximum atomic E-state index is 12.4. The van der Waals surface area contributed by atoms with Crippen LogP contribution in [0.2, 0.25) is 0 Å². The number of rotatable bonds is 4. The molecular weight excluding hydrogens is 224 g/mol. The van der Waals surface area contributed by atoms with E-state index in [0.29, 0.717) is 0 Å². The average molecular weight is 244 g/mol. The summed E-state index contributed by atoms with van der Waals surface area (Å²) in [6, 6.07) is 6.06. The molecule has 18 heavy (non-hydrogen) atoms. The highest BCUT2D eigenvalue weighted by Crippen LogP contribution is 2.30. The van der Waals surface area contributed by atoms with Gasteiger partial charge in [0.15, 0.2) is 0 Å². The topological polar surface area (TPSA) is 32.3 Å². The Bertz CT molecular complexity index is 466. The SMILES string of the molecule is CCN(CC1CC1)C(=O)c1ccc2c(c1)CCN2. The number of hydrogen-bond acceptors (Lipinski definition) is 2. The second-order valence-electron chi connectivity index (χ2n) is 5.34. The number of benzene rings is 1. The van der Waals surface area contributed by atoms with Gasteiger partial charge in [-0.15, -0.1) is 0 Å². The van der Waals surface area contributed by atoms with Crippen molar-refractivity contribution in [1.29, 1.82) is 0 Å². The molecular formula is C15H20N2O. The lowest BCUT2D eigenvalue weighted by molar-refractivity contribution is 0.0757. The van der Waals surface area contributed by atoms with Crippen LogP contribution in [0.4, 0.5) is 5.69 Å². The molecule has 0 spiro atoms. The van der Waals surface area contributed by atoms with Crippen molar-refractivity contribution in [2.45, 2.75) is 26.2 Å². The van der Waals surface area contributed by atoms with Crippen LogP contribution in [0.1, 0.15) is 35.7 Å². The number of nitrogens with one attached hydrogen (secondary N) is 1. The van der Waals surface area contributed by atoms with Gasteiger partial charge in [0.25, 0.3) is 5.91 Å². The molecule has 1 aromatic carbocycles. The first-order chi connectivity index (χ1) is 8.78. The van der Waals surface area contributed by atoms with Gasteiger partial charge in [-0.3, -0.25) is 4.79 Å². The van der Waals surface area contributed by atoms with E-state index in [1.807, 2.05) is 17.0 Å². The maximum Gasteiger partial charge on any atom is 0.253 e. The Hall–Kier alpha value is -1.51. The largest absolute Gasteiger partial charge is 0.384 e. The Morgan fingerprint density at radius 2 is 2.28 bits per heavy atom. The van der Waals surface area contributed by atoms with Crippen molar-refractivity contribution >= 4 is 11.6 Å². The summed E-state index contributed by atoms with van der Waals surface area (Å²) in [5, 5.41) is 3.33. The van der Waals surface area contributed by atoms with Crippen molar-refractivity contribution in [2.24, 2.45) is 5.92 Å². The summed E-state index contributed by atoms with van der Waals surface area (Å²) in [7, 11) is 0. The van der Waals surface area contributed by atoms with Crippen LogP contribution in [-0.4, -0.2) is 30.4 Å². The Morgan fingerprint density at radius 1 is 1.44 bits per heavy atom. The third kappa shape index (κ3) is 2.22.